The number of halogens is 1. The summed E-state index contributed by atoms with van der Waals surface area (Å²) in [4.78, 5) is 14.3. The maximum absolute atomic E-state index is 13.3. The Kier molecular flexibility index (Phi) is 3.88. The molecule has 0 spiro atoms. The topological polar surface area (TPSA) is 44.9 Å². The van der Waals surface area contributed by atoms with Crippen LogP contribution in [0.15, 0.2) is 41.2 Å². The number of benzene rings is 1. The lowest BCUT2D eigenvalue weighted by molar-refractivity contribution is 0.410. The molecule has 4 heteroatoms. The number of aromatic amines is 1. The predicted octanol–water partition coefficient (Wildman–Crippen LogP) is 3.24. The minimum Gasteiger partial charge on any atom is -0.326 e. The van der Waals surface area contributed by atoms with E-state index in [0.717, 1.165) is 36.1 Å². The number of aryl methyl sites for hydroxylation is 1. The zero-order chi connectivity index (χ0) is 14.8. The summed E-state index contributed by atoms with van der Waals surface area (Å²) in [5.74, 6) is -0.213. The van der Waals surface area contributed by atoms with Crippen LogP contribution in [-0.2, 0) is 6.42 Å². The largest absolute Gasteiger partial charge is 0.326 e. The van der Waals surface area contributed by atoms with Gasteiger partial charge in [-0.25, -0.2) is 4.39 Å². The molecule has 3 nitrogen and oxygen atoms in total. The number of hydrogen-bond donors (Lipinski definition) is 2. The van der Waals surface area contributed by atoms with E-state index in [4.69, 9.17) is 0 Å². The highest BCUT2D eigenvalue weighted by Crippen LogP contribution is 2.30. The third kappa shape index (κ3) is 3.05. The van der Waals surface area contributed by atoms with Crippen LogP contribution in [0.1, 0.15) is 48.7 Å². The molecule has 1 aromatic carbocycles. The number of fused-ring (bicyclic) bond motifs is 1. The second-order valence-corrected chi connectivity index (χ2v) is 5.64. The molecule has 21 heavy (non-hydrogen) atoms. The Hall–Kier alpha value is -1.94. The van der Waals surface area contributed by atoms with Crippen molar-refractivity contribution in [3.8, 4) is 0 Å². The summed E-state index contributed by atoms with van der Waals surface area (Å²) in [5.41, 5.74) is 3.07. The van der Waals surface area contributed by atoms with Gasteiger partial charge >= 0.3 is 0 Å². The van der Waals surface area contributed by atoms with Gasteiger partial charge in [-0.3, -0.25) is 4.79 Å². The summed E-state index contributed by atoms with van der Waals surface area (Å²) in [6, 6.07) is 10.4. The van der Waals surface area contributed by atoms with Crippen molar-refractivity contribution in [2.24, 2.45) is 0 Å². The lowest BCUT2D eigenvalue weighted by atomic mass is 9.90. The van der Waals surface area contributed by atoms with Gasteiger partial charge < -0.3 is 10.3 Å². The first-order valence-electron chi connectivity index (χ1n) is 7.37. The van der Waals surface area contributed by atoms with Gasteiger partial charge in [-0.1, -0.05) is 18.2 Å². The maximum Gasteiger partial charge on any atom is 0.248 e. The number of nitrogens with one attached hydrogen (secondary N) is 2. The molecule has 2 aromatic rings. The highest BCUT2D eigenvalue weighted by Gasteiger charge is 2.22. The minimum atomic E-state index is -0.213. The van der Waals surface area contributed by atoms with E-state index in [-0.39, 0.29) is 23.5 Å². The molecule has 0 bridgehead atoms. The molecular weight excluding hydrogens is 267 g/mol. The Labute approximate surface area is 123 Å². The Bertz CT molecular complexity index is 695. The molecule has 0 fully saturated rings. The summed E-state index contributed by atoms with van der Waals surface area (Å²) in [7, 11) is 0. The summed E-state index contributed by atoms with van der Waals surface area (Å²) in [5, 5.41) is 3.55. The van der Waals surface area contributed by atoms with E-state index in [0.29, 0.717) is 0 Å². The first-order valence-corrected chi connectivity index (χ1v) is 7.37. The van der Waals surface area contributed by atoms with Gasteiger partial charge in [0.05, 0.1) is 0 Å². The molecular formula is C17H19FN2O. The molecule has 1 aromatic heterocycles. The van der Waals surface area contributed by atoms with Crippen molar-refractivity contribution in [3.05, 3.63) is 69.4 Å². The maximum atomic E-state index is 13.3. The summed E-state index contributed by atoms with van der Waals surface area (Å²) in [6.45, 7) is 2.04. The van der Waals surface area contributed by atoms with E-state index in [1.165, 1.54) is 6.07 Å². The average Bonchev–Trinajstić information content (AvgIpc) is 2.47. The van der Waals surface area contributed by atoms with Crippen LogP contribution < -0.4 is 10.9 Å². The van der Waals surface area contributed by atoms with Gasteiger partial charge in [-0.15, -0.1) is 0 Å². The Balaban J connectivity index is 1.82. The fraction of sp³-hybridized carbons (Fsp3) is 0.353. The zero-order valence-electron chi connectivity index (χ0n) is 12.0. The normalized spacial score (nSPS) is 19.0. The molecule has 0 aliphatic heterocycles. The van der Waals surface area contributed by atoms with Gasteiger partial charge in [0, 0.05) is 23.8 Å². The molecule has 0 saturated carbocycles. The van der Waals surface area contributed by atoms with Crippen LogP contribution in [0, 0.1) is 5.82 Å². The second kappa shape index (κ2) is 5.82. The monoisotopic (exact) mass is 286 g/mol. The number of aromatic nitrogens is 1. The van der Waals surface area contributed by atoms with E-state index in [1.54, 1.807) is 18.2 Å². The molecule has 1 aliphatic rings. The highest BCUT2D eigenvalue weighted by molar-refractivity contribution is 5.27. The number of pyridine rings is 1. The van der Waals surface area contributed by atoms with Crippen LogP contribution in [0.3, 0.4) is 0 Å². The number of H-pyrrole nitrogens is 1. The SMILES string of the molecule is C[C@H](NC1CCCc2[nH]c(=O)ccc21)c1cccc(F)c1. The van der Waals surface area contributed by atoms with Gasteiger partial charge in [-0.2, -0.15) is 0 Å². The van der Waals surface area contributed by atoms with E-state index in [1.807, 2.05) is 19.1 Å². The molecule has 1 aliphatic carbocycles. The van der Waals surface area contributed by atoms with Crippen molar-refractivity contribution >= 4 is 0 Å². The van der Waals surface area contributed by atoms with Crippen LogP contribution in [-0.4, -0.2) is 4.98 Å². The molecule has 0 amide bonds. The van der Waals surface area contributed by atoms with Crippen molar-refractivity contribution < 1.29 is 4.39 Å². The zero-order valence-corrected chi connectivity index (χ0v) is 12.0. The first kappa shape index (κ1) is 14.0. The van der Waals surface area contributed by atoms with Crippen molar-refractivity contribution in [2.75, 3.05) is 0 Å². The fourth-order valence-electron chi connectivity index (χ4n) is 3.05. The van der Waals surface area contributed by atoms with Crippen LogP contribution in [0.5, 0.6) is 0 Å². The molecule has 0 radical (unpaired) electrons. The Morgan fingerprint density at radius 3 is 3.00 bits per heavy atom. The van der Waals surface area contributed by atoms with Crippen LogP contribution in [0.25, 0.3) is 0 Å². The van der Waals surface area contributed by atoms with Crippen LogP contribution >= 0.6 is 0 Å². The van der Waals surface area contributed by atoms with Crippen molar-refractivity contribution in [3.63, 3.8) is 0 Å². The second-order valence-electron chi connectivity index (χ2n) is 5.64. The van der Waals surface area contributed by atoms with E-state index >= 15 is 0 Å². The first-order chi connectivity index (χ1) is 10.1. The van der Waals surface area contributed by atoms with Crippen molar-refractivity contribution in [1.82, 2.24) is 10.3 Å². The third-order valence-corrected chi connectivity index (χ3v) is 4.13. The fourth-order valence-corrected chi connectivity index (χ4v) is 3.05. The van der Waals surface area contributed by atoms with E-state index in [9.17, 15) is 9.18 Å². The van der Waals surface area contributed by atoms with Crippen LogP contribution in [0.2, 0.25) is 0 Å². The predicted molar refractivity (Wildman–Crippen MR) is 80.7 cm³/mol. The quantitative estimate of drug-likeness (QED) is 0.909. The van der Waals surface area contributed by atoms with E-state index < -0.39 is 0 Å². The van der Waals surface area contributed by atoms with Gasteiger partial charge in [0.1, 0.15) is 5.82 Å². The average molecular weight is 286 g/mol. The number of hydrogen-bond acceptors (Lipinski definition) is 2. The summed E-state index contributed by atoms with van der Waals surface area (Å²) in [6.07, 6.45) is 2.98. The number of rotatable bonds is 3. The molecule has 2 atom stereocenters. The van der Waals surface area contributed by atoms with Gasteiger partial charge in [0.15, 0.2) is 0 Å². The van der Waals surface area contributed by atoms with Crippen LogP contribution in [0.4, 0.5) is 4.39 Å². The van der Waals surface area contributed by atoms with Crippen molar-refractivity contribution in [2.45, 2.75) is 38.3 Å². The van der Waals surface area contributed by atoms with Gasteiger partial charge in [0.25, 0.3) is 0 Å². The van der Waals surface area contributed by atoms with Crippen molar-refractivity contribution in [1.29, 1.82) is 0 Å². The van der Waals surface area contributed by atoms with E-state index in [2.05, 4.69) is 10.3 Å². The standard InChI is InChI=1S/C17H19FN2O/c1-11(12-4-2-5-13(18)10-12)19-15-6-3-7-16-14(15)8-9-17(21)20-16/h2,4-5,8-11,15,19H,3,6-7H2,1H3,(H,20,21)/t11-,15?/m0/s1. The Morgan fingerprint density at radius 1 is 1.33 bits per heavy atom. The third-order valence-electron chi connectivity index (χ3n) is 4.13. The molecule has 1 heterocycles. The lowest BCUT2D eigenvalue weighted by Crippen LogP contribution is -2.29. The summed E-state index contributed by atoms with van der Waals surface area (Å²) < 4.78 is 13.3. The summed E-state index contributed by atoms with van der Waals surface area (Å²) >= 11 is 0. The molecule has 0 saturated heterocycles. The minimum absolute atomic E-state index is 0.0485. The van der Waals surface area contributed by atoms with Gasteiger partial charge in [0.2, 0.25) is 5.56 Å². The Morgan fingerprint density at radius 2 is 2.19 bits per heavy atom. The molecule has 3 rings (SSSR count). The smallest absolute Gasteiger partial charge is 0.248 e. The molecule has 110 valence electrons. The molecule has 1 unspecified atom stereocenters. The lowest BCUT2D eigenvalue weighted by Gasteiger charge is -2.29. The molecule has 2 N–H and O–H groups in total. The highest BCUT2D eigenvalue weighted by atomic mass is 19.1. The van der Waals surface area contributed by atoms with Gasteiger partial charge in [-0.05, 0) is 49.4 Å².